The number of benzene rings is 2. The van der Waals surface area contributed by atoms with Gasteiger partial charge in [0.25, 0.3) is 0 Å². The number of H-pyrrole nitrogens is 1. The van der Waals surface area contributed by atoms with Crippen molar-refractivity contribution in [2.24, 2.45) is 5.92 Å². The number of carbonyl (C=O) groups is 1. The van der Waals surface area contributed by atoms with Crippen LogP contribution in [-0.2, 0) is 0 Å². The van der Waals surface area contributed by atoms with Gasteiger partial charge in [0.05, 0.1) is 0 Å². The van der Waals surface area contributed by atoms with E-state index in [1.807, 2.05) is 6.92 Å². The Morgan fingerprint density at radius 1 is 1.03 bits per heavy atom. The average molecular weight is 442 g/mol. The second-order valence-electron chi connectivity index (χ2n) is 9.81. The van der Waals surface area contributed by atoms with Gasteiger partial charge in [-0.05, 0) is 54.4 Å². The van der Waals surface area contributed by atoms with Crippen molar-refractivity contribution >= 4 is 11.8 Å². The predicted octanol–water partition coefficient (Wildman–Crippen LogP) is 4.28. The number of hydrogen-bond donors (Lipinski definition) is 3. The predicted molar refractivity (Wildman–Crippen MR) is 130 cm³/mol. The van der Waals surface area contributed by atoms with Crippen molar-refractivity contribution in [2.45, 2.75) is 44.1 Å². The van der Waals surface area contributed by atoms with Crippen LogP contribution in [0.4, 0.5) is 10.6 Å². The lowest BCUT2D eigenvalue weighted by atomic mass is 9.59. The normalized spacial score (nSPS) is 23.7. The van der Waals surface area contributed by atoms with E-state index < -0.39 is 0 Å². The van der Waals surface area contributed by atoms with Gasteiger partial charge in [-0.2, -0.15) is 5.10 Å². The second-order valence-corrected chi connectivity index (χ2v) is 9.81. The van der Waals surface area contributed by atoms with Crippen LogP contribution in [0.1, 0.15) is 59.0 Å². The monoisotopic (exact) mass is 441 g/mol. The van der Waals surface area contributed by atoms with Crippen molar-refractivity contribution in [1.29, 1.82) is 0 Å². The van der Waals surface area contributed by atoms with Crippen LogP contribution < -0.4 is 15.5 Å². The lowest BCUT2D eigenvalue weighted by Crippen LogP contribution is -2.49. The highest BCUT2D eigenvalue weighted by atomic mass is 16.2. The Kier molecular flexibility index (Phi) is 5.08. The molecule has 3 aliphatic carbocycles. The molecule has 0 radical (unpaired) electrons. The number of nitrogens with one attached hydrogen (secondary N) is 3. The van der Waals surface area contributed by atoms with Gasteiger partial charge in [0, 0.05) is 49.3 Å². The molecule has 4 aliphatic rings. The van der Waals surface area contributed by atoms with Gasteiger partial charge in [-0.3, -0.25) is 5.10 Å². The van der Waals surface area contributed by atoms with Crippen LogP contribution in [-0.4, -0.2) is 41.9 Å². The fraction of sp³-hybridized carbons (Fsp3) is 0.407. The summed E-state index contributed by atoms with van der Waals surface area (Å²) in [7, 11) is 0. The number of fused-ring (bicyclic) bond motifs is 1. The lowest BCUT2D eigenvalue weighted by molar-refractivity contribution is 0.229. The van der Waals surface area contributed by atoms with E-state index in [2.05, 4.69) is 80.3 Å². The zero-order valence-electron chi connectivity index (χ0n) is 19.1. The Bertz CT molecular complexity index is 1120. The molecule has 1 saturated heterocycles. The second kappa shape index (κ2) is 8.25. The van der Waals surface area contributed by atoms with Crippen molar-refractivity contribution in [3.8, 4) is 0 Å². The smallest absolute Gasteiger partial charge is 0.315 e. The molecule has 2 aromatic carbocycles. The van der Waals surface area contributed by atoms with E-state index in [1.165, 1.54) is 22.3 Å². The third-order valence-electron chi connectivity index (χ3n) is 7.79. The molecular formula is C27H31N5O. The van der Waals surface area contributed by atoms with Crippen molar-refractivity contribution in [3.05, 3.63) is 82.5 Å². The topological polar surface area (TPSA) is 73.1 Å². The minimum atomic E-state index is -0.0351. The summed E-state index contributed by atoms with van der Waals surface area (Å²) in [5, 5.41) is 13.8. The number of rotatable bonds is 4. The number of nitrogens with zero attached hydrogens (tertiary/aromatic N) is 2. The number of carbonyl (C=O) groups excluding carboxylic acids is 1. The maximum atomic E-state index is 12.8. The summed E-state index contributed by atoms with van der Waals surface area (Å²) in [4.78, 5) is 15.0. The fourth-order valence-corrected chi connectivity index (χ4v) is 6.24. The number of amides is 2. The first-order valence-electron chi connectivity index (χ1n) is 12.2. The zero-order chi connectivity index (χ0) is 22.4. The molecule has 170 valence electrons. The van der Waals surface area contributed by atoms with E-state index in [1.54, 1.807) is 0 Å². The van der Waals surface area contributed by atoms with Gasteiger partial charge < -0.3 is 15.5 Å². The number of hydrogen-bond acceptors (Lipinski definition) is 3. The standard InChI is InChI=1S/C27H31N5O/c1-17-14-25(31-30-17)32-12-10-19(11-13-32)29-27(33)28-16-18-15-24-20-6-2-4-8-22(20)26(18)23-9-5-3-7-21(23)24/h2-9,14,18-19,24,26H,10-13,15-16H2,1H3,(H,30,31)(H2,28,29,33). The van der Waals surface area contributed by atoms with Gasteiger partial charge in [0.15, 0.2) is 5.82 Å². The van der Waals surface area contributed by atoms with E-state index in [0.717, 1.165) is 43.9 Å². The molecular weight excluding hydrogens is 410 g/mol. The van der Waals surface area contributed by atoms with Gasteiger partial charge in [0.2, 0.25) is 0 Å². The maximum Gasteiger partial charge on any atom is 0.315 e. The molecule has 0 spiro atoms. The molecule has 0 saturated carbocycles. The SMILES string of the molecule is Cc1cc(N2CCC(NC(=O)NCC3CC4c5ccccc5C3c3ccccc34)CC2)n[nH]1. The Hall–Kier alpha value is -3.28. The molecule has 3 aromatic rings. The van der Waals surface area contributed by atoms with Crippen molar-refractivity contribution in [3.63, 3.8) is 0 Å². The van der Waals surface area contributed by atoms with Crippen molar-refractivity contribution in [2.75, 3.05) is 24.5 Å². The van der Waals surface area contributed by atoms with Gasteiger partial charge in [0.1, 0.15) is 0 Å². The van der Waals surface area contributed by atoms with Crippen LogP contribution in [0.2, 0.25) is 0 Å². The summed E-state index contributed by atoms with van der Waals surface area (Å²) in [5.74, 6) is 2.23. The molecule has 6 heteroatoms. The molecule has 1 fully saturated rings. The molecule has 2 amide bonds. The molecule has 2 bridgehead atoms. The van der Waals surface area contributed by atoms with Gasteiger partial charge in [-0.1, -0.05) is 48.5 Å². The van der Waals surface area contributed by atoms with E-state index in [4.69, 9.17) is 0 Å². The van der Waals surface area contributed by atoms with E-state index in [9.17, 15) is 4.79 Å². The van der Waals surface area contributed by atoms with Crippen molar-refractivity contribution in [1.82, 2.24) is 20.8 Å². The molecule has 1 aliphatic heterocycles. The molecule has 3 N–H and O–H groups in total. The molecule has 2 heterocycles. The molecule has 6 nitrogen and oxygen atoms in total. The fourth-order valence-electron chi connectivity index (χ4n) is 6.24. The van der Waals surface area contributed by atoms with E-state index in [-0.39, 0.29) is 12.1 Å². The molecule has 1 unspecified atom stereocenters. The quantitative estimate of drug-likeness (QED) is 0.566. The first-order chi connectivity index (χ1) is 16.2. The van der Waals surface area contributed by atoms with Gasteiger partial charge in [-0.15, -0.1) is 0 Å². The maximum absolute atomic E-state index is 12.8. The summed E-state index contributed by atoms with van der Waals surface area (Å²) in [6, 6.07) is 20.0. The van der Waals surface area contributed by atoms with Crippen LogP contribution >= 0.6 is 0 Å². The number of piperidine rings is 1. The van der Waals surface area contributed by atoms with Gasteiger partial charge >= 0.3 is 6.03 Å². The largest absolute Gasteiger partial charge is 0.355 e. The van der Waals surface area contributed by atoms with E-state index in [0.29, 0.717) is 24.3 Å². The van der Waals surface area contributed by atoms with Crippen LogP contribution in [0.5, 0.6) is 0 Å². The third kappa shape index (κ3) is 3.67. The van der Waals surface area contributed by atoms with Crippen LogP contribution in [0.25, 0.3) is 0 Å². The minimum absolute atomic E-state index is 0.0351. The Balaban J connectivity index is 1.07. The van der Waals surface area contributed by atoms with Crippen LogP contribution in [0.3, 0.4) is 0 Å². The summed E-state index contributed by atoms with van der Waals surface area (Å²) in [6.07, 6.45) is 2.98. The summed E-state index contributed by atoms with van der Waals surface area (Å²) in [6.45, 7) is 4.55. The number of anilines is 1. The van der Waals surface area contributed by atoms with Crippen LogP contribution in [0, 0.1) is 12.8 Å². The zero-order valence-corrected chi connectivity index (χ0v) is 19.1. The highest BCUT2D eigenvalue weighted by Crippen LogP contribution is 2.55. The van der Waals surface area contributed by atoms with Crippen molar-refractivity contribution < 1.29 is 4.79 Å². The van der Waals surface area contributed by atoms with Crippen LogP contribution in [0.15, 0.2) is 54.6 Å². The summed E-state index contributed by atoms with van der Waals surface area (Å²) < 4.78 is 0. The first-order valence-corrected chi connectivity index (χ1v) is 12.2. The number of aromatic nitrogens is 2. The van der Waals surface area contributed by atoms with Gasteiger partial charge in [-0.25, -0.2) is 4.79 Å². The molecule has 33 heavy (non-hydrogen) atoms. The Morgan fingerprint density at radius 2 is 1.67 bits per heavy atom. The Labute approximate surface area is 194 Å². The molecule has 1 atom stereocenters. The highest BCUT2D eigenvalue weighted by molar-refractivity contribution is 5.74. The Morgan fingerprint density at radius 3 is 2.27 bits per heavy atom. The lowest BCUT2D eigenvalue weighted by Gasteiger charge is -2.45. The molecule has 1 aromatic heterocycles. The highest BCUT2D eigenvalue weighted by Gasteiger charge is 2.42. The van der Waals surface area contributed by atoms with E-state index >= 15 is 0 Å². The number of urea groups is 1. The average Bonchev–Trinajstić information content (AvgIpc) is 3.29. The molecule has 7 rings (SSSR count). The minimum Gasteiger partial charge on any atom is -0.355 e. The summed E-state index contributed by atoms with van der Waals surface area (Å²) >= 11 is 0. The number of aromatic amines is 1. The first kappa shape index (κ1) is 20.3. The number of aryl methyl sites for hydroxylation is 1. The third-order valence-corrected chi connectivity index (χ3v) is 7.79. The summed E-state index contributed by atoms with van der Waals surface area (Å²) in [5.41, 5.74) is 6.91.